The molecule has 1 N–H and O–H groups in total. The normalized spacial score (nSPS) is 10.8. The number of nitrogens with one attached hydrogen (secondary N) is 1. The summed E-state index contributed by atoms with van der Waals surface area (Å²) in [6.45, 7) is 0.378. The number of hydrogen-bond acceptors (Lipinski definition) is 4. The molecule has 10 heteroatoms. The van der Waals surface area contributed by atoms with Crippen LogP contribution in [-0.2, 0) is 13.3 Å². The third-order valence-electron chi connectivity index (χ3n) is 4.30. The molecule has 0 fully saturated rings. The summed E-state index contributed by atoms with van der Waals surface area (Å²) in [5.74, 6) is -0.0907. The third kappa shape index (κ3) is 5.31. The summed E-state index contributed by atoms with van der Waals surface area (Å²) in [7, 11) is 0. The van der Waals surface area contributed by atoms with Crippen molar-refractivity contribution in [3.63, 3.8) is 0 Å². The Kier molecular flexibility index (Phi) is 6.34. The predicted molar refractivity (Wildman–Crippen MR) is 118 cm³/mol. The minimum Gasteiger partial charge on any atom is -0.470 e. The molecule has 0 radical (unpaired) electrons. The van der Waals surface area contributed by atoms with Gasteiger partial charge >= 0.3 is 0 Å². The Morgan fingerprint density at radius 2 is 2.03 bits per heavy atom. The number of hydrogen-bond donors (Lipinski definition) is 1. The molecule has 0 aliphatic rings. The van der Waals surface area contributed by atoms with Crippen LogP contribution in [0.2, 0.25) is 5.02 Å². The minimum atomic E-state index is -0.392. The average Bonchev–Trinajstić information content (AvgIpc) is 3.39. The fourth-order valence-corrected chi connectivity index (χ4v) is 3.59. The molecule has 158 valence electrons. The Hall–Kier alpha value is -3.17. The van der Waals surface area contributed by atoms with Crippen LogP contribution in [0.4, 0.5) is 10.1 Å². The third-order valence-corrected chi connectivity index (χ3v) is 5.16. The molecule has 0 aliphatic heterocycles. The fraction of sp³-hybridized carbons (Fsp3) is 0.0952. The first-order chi connectivity index (χ1) is 15.0. The predicted octanol–water partition coefficient (Wildman–Crippen LogP) is 4.97. The number of rotatable bonds is 7. The van der Waals surface area contributed by atoms with Crippen molar-refractivity contribution < 1.29 is 13.9 Å². The number of ether oxygens (including phenoxy) is 1. The Labute approximate surface area is 190 Å². The standard InChI is InChI=1S/C21H16BrClFN5O2/c22-17-9-15(23)5-6-20(17)31-13-28-8-7-19(27-28)21(30)26-16-10-25-29(12-16)11-14-3-1-2-4-18(14)24/h1-10,12H,11,13H2,(H,26,30). The Bertz CT molecular complexity index is 1230. The van der Waals surface area contributed by atoms with Gasteiger partial charge in [-0.3, -0.25) is 9.48 Å². The molecule has 0 spiro atoms. The van der Waals surface area contributed by atoms with Crippen LogP contribution in [0, 0.1) is 5.82 Å². The molecule has 2 aromatic carbocycles. The van der Waals surface area contributed by atoms with Crippen molar-refractivity contribution in [1.29, 1.82) is 0 Å². The molecule has 0 saturated carbocycles. The van der Waals surface area contributed by atoms with Gasteiger partial charge in [0.2, 0.25) is 0 Å². The van der Waals surface area contributed by atoms with E-state index in [1.165, 1.54) is 16.9 Å². The van der Waals surface area contributed by atoms with Gasteiger partial charge in [0.05, 0.1) is 22.9 Å². The molecule has 2 aromatic heterocycles. The molecule has 7 nitrogen and oxygen atoms in total. The highest BCUT2D eigenvalue weighted by Gasteiger charge is 2.12. The molecular weight excluding hydrogens is 489 g/mol. The van der Waals surface area contributed by atoms with E-state index in [1.807, 2.05) is 0 Å². The van der Waals surface area contributed by atoms with Gasteiger partial charge in [0.1, 0.15) is 11.6 Å². The van der Waals surface area contributed by atoms with Gasteiger partial charge in [0.25, 0.3) is 5.91 Å². The minimum absolute atomic E-state index is 0.119. The SMILES string of the molecule is O=C(Nc1cnn(Cc2ccccc2F)c1)c1ccn(COc2ccc(Cl)cc2Br)n1. The fourth-order valence-electron chi connectivity index (χ4n) is 2.79. The van der Waals surface area contributed by atoms with Gasteiger partial charge in [-0.1, -0.05) is 29.8 Å². The van der Waals surface area contributed by atoms with Crippen molar-refractivity contribution in [2.24, 2.45) is 0 Å². The molecule has 31 heavy (non-hydrogen) atoms. The van der Waals surface area contributed by atoms with Crippen LogP contribution in [0.3, 0.4) is 0 Å². The van der Waals surface area contributed by atoms with E-state index in [-0.39, 0.29) is 24.8 Å². The number of anilines is 1. The second kappa shape index (κ2) is 9.32. The van der Waals surface area contributed by atoms with Crippen LogP contribution >= 0.6 is 27.5 Å². The van der Waals surface area contributed by atoms with E-state index in [2.05, 4.69) is 31.4 Å². The van der Waals surface area contributed by atoms with Crippen LogP contribution in [0.1, 0.15) is 16.1 Å². The number of nitrogens with zero attached hydrogens (tertiary/aromatic N) is 4. The molecule has 4 aromatic rings. The molecule has 2 heterocycles. The zero-order valence-corrected chi connectivity index (χ0v) is 18.3. The first-order valence-corrected chi connectivity index (χ1v) is 10.3. The number of carbonyl (C=O) groups is 1. The van der Waals surface area contributed by atoms with Crippen LogP contribution in [0.15, 0.2) is 71.6 Å². The van der Waals surface area contributed by atoms with E-state index in [1.54, 1.807) is 59.5 Å². The largest absolute Gasteiger partial charge is 0.470 e. The lowest BCUT2D eigenvalue weighted by molar-refractivity contribution is 0.102. The summed E-state index contributed by atoms with van der Waals surface area (Å²) in [6, 6.07) is 13.2. The number of amides is 1. The molecular formula is C21H16BrClFN5O2. The number of carbonyl (C=O) groups excluding carboxylic acids is 1. The van der Waals surface area contributed by atoms with Crippen molar-refractivity contribution in [1.82, 2.24) is 19.6 Å². The van der Waals surface area contributed by atoms with E-state index < -0.39 is 5.91 Å². The maximum Gasteiger partial charge on any atom is 0.276 e. The summed E-state index contributed by atoms with van der Waals surface area (Å²) in [5.41, 5.74) is 1.22. The molecule has 0 saturated heterocycles. The monoisotopic (exact) mass is 503 g/mol. The van der Waals surface area contributed by atoms with E-state index in [4.69, 9.17) is 16.3 Å². The second-order valence-corrected chi connectivity index (χ2v) is 7.85. The lowest BCUT2D eigenvalue weighted by Gasteiger charge is -2.08. The lowest BCUT2D eigenvalue weighted by Crippen LogP contribution is -2.14. The highest BCUT2D eigenvalue weighted by Crippen LogP contribution is 2.28. The molecule has 0 atom stereocenters. The first kappa shape index (κ1) is 21.1. The number of halogens is 3. The van der Waals surface area contributed by atoms with Gasteiger partial charge in [-0.25, -0.2) is 9.07 Å². The van der Waals surface area contributed by atoms with E-state index in [0.717, 1.165) is 4.47 Å². The van der Waals surface area contributed by atoms with Crippen LogP contribution in [-0.4, -0.2) is 25.5 Å². The molecule has 0 unspecified atom stereocenters. The van der Waals surface area contributed by atoms with Gasteiger partial charge < -0.3 is 10.1 Å². The average molecular weight is 505 g/mol. The van der Waals surface area contributed by atoms with E-state index >= 15 is 0 Å². The number of aromatic nitrogens is 4. The molecule has 0 bridgehead atoms. The van der Waals surface area contributed by atoms with Crippen molar-refractivity contribution in [2.45, 2.75) is 13.3 Å². The van der Waals surface area contributed by atoms with Crippen molar-refractivity contribution in [2.75, 3.05) is 5.32 Å². The highest BCUT2D eigenvalue weighted by atomic mass is 79.9. The first-order valence-electron chi connectivity index (χ1n) is 9.16. The van der Waals surface area contributed by atoms with Crippen molar-refractivity contribution in [3.8, 4) is 5.75 Å². The Morgan fingerprint density at radius 1 is 1.19 bits per heavy atom. The summed E-state index contributed by atoms with van der Waals surface area (Å²) < 4.78 is 23.2. The smallest absolute Gasteiger partial charge is 0.276 e. The van der Waals surface area contributed by atoms with Gasteiger partial charge in [-0.05, 0) is 46.3 Å². The van der Waals surface area contributed by atoms with Gasteiger partial charge in [-0.2, -0.15) is 10.2 Å². The van der Waals surface area contributed by atoms with Crippen molar-refractivity contribution in [3.05, 3.63) is 93.7 Å². The van der Waals surface area contributed by atoms with E-state index in [9.17, 15) is 9.18 Å². The zero-order valence-electron chi connectivity index (χ0n) is 16.0. The van der Waals surface area contributed by atoms with Crippen molar-refractivity contribution >= 4 is 39.1 Å². The summed E-state index contributed by atoms with van der Waals surface area (Å²) >= 11 is 9.30. The maximum atomic E-state index is 13.8. The highest BCUT2D eigenvalue weighted by molar-refractivity contribution is 9.10. The molecule has 4 rings (SSSR count). The summed E-state index contributed by atoms with van der Waals surface area (Å²) in [4.78, 5) is 12.5. The molecule has 0 aliphatic carbocycles. The lowest BCUT2D eigenvalue weighted by atomic mass is 10.2. The van der Waals surface area contributed by atoms with Gasteiger partial charge in [0, 0.05) is 23.0 Å². The molecule has 1 amide bonds. The Morgan fingerprint density at radius 3 is 2.84 bits per heavy atom. The summed E-state index contributed by atoms with van der Waals surface area (Å²) in [5, 5.41) is 11.7. The number of benzene rings is 2. The second-order valence-electron chi connectivity index (χ2n) is 6.56. The van der Waals surface area contributed by atoms with Gasteiger partial charge in [0.15, 0.2) is 12.4 Å². The summed E-state index contributed by atoms with van der Waals surface area (Å²) in [6.07, 6.45) is 4.76. The van der Waals surface area contributed by atoms with Crippen LogP contribution in [0.25, 0.3) is 0 Å². The zero-order chi connectivity index (χ0) is 21.8. The maximum absolute atomic E-state index is 13.8. The van der Waals surface area contributed by atoms with E-state index in [0.29, 0.717) is 22.0 Å². The Balaban J connectivity index is 1.35. The topological polar surface area (TPSA) is 74.0 Å². The van der Waals surface area contributed by atoms with Gasteiger partial charge in [-0.15, -0.1) is 0 Å². The quantitative estimate of drug-likeness (QED) is 0.386. The van der Waals surface area contributed by atoms with Crippen LogP contribution < -0.4 is 10.1 Å². The van der Waals surface area contributed by atoms with Crippen LogP contribution in [0.5, 0.6) is 5.75 Å².